The third-order valence-corrected chi connectivity index (χ3v) is 6.72. The molecule has 27 heavy (non-hydrogen) atoms. The topological polar surface area (TPSA) is 51.3 Å². The van der Waals surface area contributed by atoms with Crippen LogP contribution in [0.5, 0.6) is 0 Å². The van der Waals surface area contributed by atoms with E-state index in [1.54, 1.807) is 4.90 Å². The zero-order valence-electron chi connectivity index (χ0n) is 17.0. The van der Waals surface area contributed by atoms with Gasteiger partial charge in [0.15, 0.2) is 0 Å². The van der Waals surface area contributed by atoms with E-state index < -0.39 is 0 Å². The minimum absolute atomic E-state index is 0.404. The number of anilines is 1. The Hall–Kier alpha value is -1.95. The average molecular weight is 370 g/mol. The summed E-state index contributed by atoms with van der Waals surface area (Å²) in [5.41, 5.74) is 4.19. The fraction of sp³-hybridized carbons (Fsp3) is 0.667. The standard InChI is InChI=1S/C21H32N6/c1-4-19(21-22-23-24-27(21)18-9-5-6-10-18)25-12-14-26(15-13-25)20-11-7-8-16(2)17(20)3/h7-8,11,18-19H,4-6,9-10,12-15H2,1-3H3/p+1/t19-/m0/s1. The number of rotatable bonds is 5. The number of quaternary nitrogens is 1. The van der Waals surface area contributed by atoms with Gasteiger partial charge in [0.05, 0.1) is 32.2 Å². The lowest BCUT2D eigenvalue weighted by molar-refractivity contribution is -0.933. The molecular weight excluding hydrogens is 336 g/mol. The van der Waals surface area contributed by atoms with E-state index >= 15 is 0 Å². The summed E-state index contributed by atoms with van der Waals surface area (Å²) in [5, 5.41) is 12.9. The summed E-state index contributed by atoms with van der Waals surface area (Å²) >= 11 is 0. The van der Waals surface area contributed by atoms with Crippen molar-refractivity contribution in [3.63, 3.8) is 0 Å². The zero-order valence-corrected chi connectivity index (χ0v) is 17.0. The number of hydrogen-bond acceptors (Lipinski definition) is 4. The van der Waals surface area contributed by atoms with E-state index in [9.17, 15) is 0 Å². The van der Waals surface area contributed by atoms with Gasteiger partial charge >= 0.3 is 0 Å². The summed E-state index contributed by atoms with van der Waals surface area (Å²) < 4.78 is 2.16. The Balaban J connectivity index is 1.47. The summed E-state index contributed by atoms with van der Waals surface area (Å²) in [6, 6.07) is 7.57. The van der Waals surface area contributed by atoms with Gasteiger partial charge in [-0.3, -0.25) is 0 Å². The Morgan fingerprint density at radius 3 is 2.59 bits per heavy atom. The molecule has 1 saturated carbocycles. The lowest BCUT2D eigenvalue weighted by Crippen LogP contribution is -3.15. The van der Waals surface area contributed by atoms with E-state index in [2.05, 4.69) is 64.1 Å². The number of nitrogens with one attached hydrogen (secondary N) is 1. The molecule has 1 N–H and O–H groups in total. The van der Waals surface area contributed by atoms with Crippen LogP contribution in [0.25, 0.3) is 0 Å². The molecule has 2 heterocycles. The van der Waals surface area contributed by atoms with Crippen LogP contribution in [0.15, 0.2) is 18.2 Å². The van der Waals surface area contributed by atoms with Crippen LogP contribution >= 0.6 is 0 Å². The van der Waals surface area contributed by atoms with Crippen molar-refractivity contribution in [1.29, 1.82) is 0 Å². The van der Waals surface area contributed by atoms with E-state index in [0.29, 0.717) is 12.1 Å². The van der Waals surface area contributed by atoms with Gasteiger partial charge in [0.1, 0.15) is 6.04 Å². The van der Waals surface area contributed by atoms with Gasteiger partial charge in [-0.15, -0.1) is 5.10 Å². The van der Waals surface area contributed by atoms with E-state index in [4.69, 9.17) is 0 Å². The van der Waals surface area contributed by atoms with Crippen LogP contribution in [0.1, 0.15) is 68.1 Å². The van der Waals surface area contributed by atoms with Gasteiger partial charge in [-0.2, -0.15) is 0 Å². The number of benzene rings is 1. The summed E-state index contributed by atoms with van der Waals surface area (Å²) in [6.45, 7) is 11.2. The Morgan fingerprint density at radius 1 is 1.15 bits per heavy atom. The van der Waals surface area contributed by atoms with Gasteiger partial charge in [0.2, 0.25) is 5.82 Å². The SMILES string of the molecule is CC[C@@H](c1nnnn1C1CCCC1)[NH+]1CCN(c2cccc(C)c2C)CC1. The molecule has 6 heteroatoms. The van der Waals surface area contributed by atoms with E-state index in [1.807, 2.05) is 0 Å². The highest BCUT2D eigenvalue weighted by Gasteiger charge is 2.33. The molecule has 146 valence electrons. The molecular formula is C21H33N6+. The number of nitrogens with zero attached hydrogens (tertiary/aromatic N) is 5. The second kappa shape index (κ2) is 7.97. The van der Waals surface area contributed by atoms with Crippen molar-refractivity contribution in [2.45, 2.75) is 65.0 Å². The second-order valence-electron chi connectivity index (χ2n) is 8.25. The van der Waals surface area contributed by atoms with Crippen LogP contribution in [0.2, 0.25) is 0 Å². The summed E-state index contributed by atoms with van der Waals surface area (Å²) in [6.07, 6.45) is 6.16. The lowest BCUT2D eigenvalue weighted by Gasteiger charge is -2.37. The van der Waals surface area contributed by atoms with Gasteiger partial charge in [-0.25, -0.2) is 4.68 Å². The number of piperazine rings is 1. The first-order valence-corrected chi connectivity index (χ1v) is 10.6. The molecule has 0 amide bonds. The van der Waals surface area contributed by atoms with Crippen LogP contribution in [0.4, 0.5) is 5.69 Å². The van der Waals surface area contributed by atoms with Crippen LogP contribution in [-0.2, 0) is 0 Å². The molecule has 4 rings (SSSR count). The predicted molar refractivity (Wildman–Crippen MR) is 107 cm³/mol. The van der Waals surface area contributed by atoms with Crippen LogP contribution in [0, 0.1) is 13.8 Å². The molecule has 0 radical (unpaired) electrons. The first-order chi connectivity index (χ1) is 13.2. The summed E-state index contributed by atoms with van der Waals surface area (Å²) in [4.78, 5) is 4.19. The first-order valence-electron chi connectivity index (χ1n) is 10.6. The predicted octanol–water partition coefficient (Wildman–Crippen LogP) is 2.26. The van der Waals surface area contributed by atoms with Gasteiger partial charge < -0.3 is 9.80 Å². The van der Waals surface area contributed by atoms with Crippen LogP contribution < -0.4 is 9.80 Å². The maximum Gasteiger partial charge on any atom is 0.209 e. The molecule has 1 atom stereocenters. The minimum atomic E-state index is 0.404. The number of aryl methyl sites for hydroxylation is 1. The molecule has 2 fully saturated rings. The molecule has 0 spiro atoms. The molecule has 0 bridgehead atoms. The summed E-state index contributed by atoms with van der Waals surface area (Å²) in [7, 11) is 0. The normalized spacial score (nSPS) is 20.3. The van der Waals surface area contributed by atoms with Crippen molar-refractivity contribution >= 4 is 5.69 Å². The van der Waals surface area contributed by atoms with Crippen molar-refractivity contribution in [3.05, 3.63) is 35.2 Å². The molecule has 2 aliphatic rings. The first kappa shape index (κ1) is 18.4. The molecule has 1 aromatic heterocycles. The average Bonchev–Trinajstić information content (AvgIpc) is 3.37. The number of tetrazole rings is 1. The van der Waals surface area contributed by atoms with Crippen molar-refractivity contribution in [2.75, 3.05) is 31.1 Å². The largest absolute Gasteiger partial charge is 0.360 e. The molecule has 1 aliphatic heterocycles. The van der Waals surface area contributed by atoms with Gasteiger partial charge in [-0.1, -0.05) is 31.9 Å². The number of aromatic nitrogens is 4. The van der Waals surface area contributed by atoms with Crippen molar-refractivity contribution in [3.8, 4) is 0 Å². The zero-order chi connectivity index (χ0) is 18.8. The second-order valence-corrected chi connectivity index (χ2v) is 8.25. The van der Waals surface area contributed by atoms with Gasteiger partial charge in [0.25, 0.3) is 0 Å². The fourth-order valence-electron chi connectivity index (χ4n) is 4.95. The Morgan fingerprint density at radius 2 is 1.89 bits per heavy atom. The van der Waals surface area contributed by atoms with Crippen LogP contribution in [-0.4, -0.2) is 46.4 Å². The third kappa shape index (κ3) is 3.59. The summed E-state index contributed by atoms with van der Waals surface area (Å²) in [5.74, 6) is 1.11. The molecule has 1 aliphatic carbocycles. The fourth-order valence-corrected chi connectivity index (χ4v) is 4.95. The molecule has 2 aromatic rings. The minimum Gasteiger partial charge on any atom is -0.360 e. The maximum atomic E-state index is 4.48. The Bertz CT molecular complexity index is 756. The molecule has 1 aromatic carbocycles. The van der Waals surface area contributed by atoms with E-state index in [-0.39, 0.29) is 0 Å². The van der Waals surface area contributed by atoms with Gasteiger partial charge in [0, 0.05) is 12.1 Å². The highest BCUT2D eigenvalue weighted by molar-refractivity contribution is 5.56. The quantitative estimate of drug-likeness (QED) is 0.878. The van der Waals surface area contributed by atoms with Crippen molar-refractivity contribution < 1.29 is 4.90 Å². The monoisotopic (exact) mass is 369 g/mol. The van der Waals surface area contributed by atoms with Gasteiger partial charge in [-0.05, 0) is 54.3 Å². The highest BCUT2D eigenvalue weighted by Crippen LogP contribution is 2.30. The van der Waals surface area contributed by atoms with Crippen LogP contribution in [0.3, 0.4) is 0 Å². The third-order valence-electron chi connectivity index (χ3n) is 6.72. The van der Waals surface area contributed by atoms with E-state index in [0.717, 1.165) is 38.4 Å². The maximum absolute atomic E-state index is 4.48. The molecule has 0 unspecified atom stereocenters. The smallest absolute Gasteiger partial charge is 0.209 e. The number of hydrogen-bond donors (Lipinski definition) is 1. The molecule has 1 saturated heterocycles. The van der Waals surface area contributed by atoms with Crippen molar-refractivity contribution in [2.24, 2.45) is 0 Å². The molecule has 6 nitrogen and oxygen atoms in total. The lowest BCUT2D eigenvalue weighted by atomic mass is 10.1. The van der Waals surface area contributed by atoms with E-state index in [1.165, 1.54) is 42.5 Å². The Labute approximate surface area is 162 Å². The van der Waals surface area contributed by atoms with Crippen molar-refractivity contribution in [1.82, 2.24) is 20.2 Å². The Kier molecular flexibility index (Phi) is 5.43. The highest BCUT2D eigenvalue weighted by atomic mass is 15.6.